The lowest BCUT2D eigenvalue weighted by molar-refractivity contribution is -0.897. The number of benzene rings is 1. The van der Waals surface area contributed by atoms with Gasteiger partial charge in [-0.3, -0.25) is 9.59 Å². The van der Waals surface area contributed by atoms with Crippen molar-refractivity contribution in [3.8, 4) is 0 Å². The lowest BCUT2D eigenvalue weighted by atomic mass is 9.96. The second-order valence-electron chi connectivity index (χ2n) is 5.13. The van der Waals surface area contributed by atoms with E-state index >= 15 is 0 Å². The molecule has 1 aliphatic heterocycles. The molecule has 4 N–H and O–H groups in total. The van der Waals surface area contributed by atoms with Crippen LogP contribution < -0.4 is 16.0 Å². The molecule has 0 spiro atoms. The molecule has 0 bridgehead atoms. The number of nitrogens with one attached hydrogen (secondary N) is 2. The molecule has 0 aromatic heterocycles. The minimum atomic E-state index is -0.215. The third kappa shape index (κ3) is 4.17. The maximum absolute atomic E-state index is 12.0. The number of primary amides is 1. The van der Waals surface area contributed by atoms with Gasteiger partial charge in [-0.05, 0) is 34.7 Å². The number of nitrogens with two attached hydrogens (primary N) is 1. The second-order valence-corrected chi connectivity index (χ2v) is 6.29. The summed E-state index contributed by atoms with van der Waals surface area (Å²) in [5.41, 5.74) is 6.16. The number of quaternary nitrogens is 1. The monoisotopic (exact) mass is 388 g/mol. The van der Waals surface area contributed by atoms with Crippen LogP contribution >= 0.6 is 22.6 Å². The zero-order valence-corrected chi connectivity index (χ0v) is 13.4. The molecule has 0 radical (unpaired) electrons. The van der Waals surface area contributed by atoms with Crippen LogP contribution in [0, 0.1) is 9.49 Å². The molecule has 0 atom stereocenters. The zero-order chi connectivity index (χ0) is 14.5. The number of amides is 2. The van der Waals surface area contributed by atoms with Gasteiger partial charge in [0.1, 0.15) is 0 Å². The number of likely N-dealkylation sites (tertiary alicyclic amines) is 1. The Morgan fingerprint density at radius 1 is 1.30 bits per heavy atom. The van der Waals surface area contributed by atoms with E-state index in [1.807, 2.05) is 24.3 Å². The van der Waals surface area contributed by atoms with Gasteiger partial charge in [0.15, 0.2) is 6.54 Å². The maximum Gasteiger partial charge on any atom is 0.279 e. The van der Waals surface area contributed by atoms with Gasteiger partial charge >= 0.3 is 0 Å². The van der Waals surface area contributed by atoms with Crippen LogP contribution in [0.1, 0.15) is 12.8 Å². The standard InChI is InChI=1S/C14H18IN3O2/c15-11-3-1-2-4-12(11)17-13(19)9-18-7-5-10(6-8-18)14(16)20/h1-4,10H,5-9H2,(H2,16,20)(H,17,19)/p+1. The molecular formula is C14H19IN3O2+. The summed E-state index contributed by atoms with van der Waals surface area (Å²) in [6, 6.07) is 7.70. The molecule has 0 unspecified atom stereocenters. The van der Waals surface area contributed by atoms with Crippen molar-refractivity contribution in [2.24, 2.45) is 11.7 Å². The van der Waals surface area contributed by atoms with Crippen LogP contribution in [0.15, 0.2) is 24.3 Å². The van der Waals surface area contributed by atoms with Crippen LogP contribution in [-0.4, -0.2) is 31.4 Å². The number of anilines is 1. The normalized spacial score (nSPS) is 22.2. The second kappa shape index (κ2) is 7.03. The SMILES string of the molecule is NC(=O)C1CC[NH+](CC(=O)Nc2ccccc2I)CC1. The largest absolute Gasteiger partial charge is 0.369 e. The van der Waals surface area contributed by atoms with Crippen molar-refractivity contribution in [3.63, 3.8) is 0 Å². The van der Waals surface area contributed by atoms with Crippen LogP contribution in [0.2, 0.25) is 0 Å². The number of carbonyl (C=O) groups excluding carboxylic acids is 2. The highest BCUT2D eigenvalue weighted by atomic mass is 127. The number of carbonyl (C=O) groups is 2. The first kappa shape index (κ1) is 15.2. The first-order chi connectivity index (χ1) is 9.56. The third-order valence-corrected chi connectivity index (χ3v) is 4.59. The summed E-state index contributed by atoms with van der Waals surface area (Å²) < 4.78 is 1.03. The van der Waals surface area contributed by atoms with Crippen LogP contribution in [0.5, 0.6) is 0 Å². The van der Waals surface area contributed by atoms with Crippen molar-refractivity contribution in [2.45, 2.75) is 12.8 Å². The number of hydrogen-bond acceptors (Lipinski definition) is 2. The van der Waals surface area contributed by atoms with E-state index in [2.05, 4.69) is 27.9 Å². The molecule has 1 aromatic carbocycles. The van der Waals surface area contributed by atoms with Crippen molar-refractivity contribution in [2.75, 3.05) is 25.0 Å². The van der Waals surface area contributed by atoms with E-state index in [9.17, 15) is 9.59 Å². The van der Waals surface area contributed by atoms with Gasteiger partial charge in [0.05, 0.1) is 18.8 Å². The molecule has 2 rings (SSSR count). The smallest absolute Gasteiger partial charge is 0.279 e. The van der Waals surface area contributed by atoms with Gasteiger partial charge in [0.25, 0.3) is 5.91 Å². The summed E-state index contributed by atoms with van der Waals surface area (Å²) in [5.74, 6) is -0.217. The fraction of sp³-hybridized carbons (Fsp3) is 0.429. The van der Waals surface area contributed by atoms with E-state index < -0.39 is 0 Å². The molecule has 1 saturated heterocycles. The van der Waals surface area contributed by atoms with Gasteiger partial charge in [-0.25, -0.2) is 0 Å². The third-order valence-electron chi connectivity index (χ3n) is 3.65. The molecule has 0 aliphatic carbocycles. The lowest BCUT2D eigenvalue weighted by Gasteiger charge is -2.27. The number of piperidine rings is 1. The van der Waals surface area contributed by atoms with E-state index in [4.69, 9.17) is 5.73 Å². The molecular weight excluding hydrogens is 369 g/mol. The highest BCUT2D eigenvalue weighted by molar-refractivity contribution is 14.1. The number of para-hydroxylation sites is 1. The average Bonchev–Trinajstić information content (AvgIpc) is 2.42. The topological polar surface area (TPSA) is 76.6 Å². The average molecular weight is 388 g/mol. The molecule has 108 valence electrons. The van der Waals surface area contributed by atoms with Gasteiger partial charge < -0.3 is 16.0 Å². The number of hydrogen-bond donors (Lipinski definition) is 3. The minimum Gasteiger partial charge on any atom is -0.369 e. The minimum absolute atomic E-state index is 0.0154. The van der Waals surface area contributed by atoms with Crippen LogP contribution in [0.4, 0.5) is 5.69 Å². The maximum atomic E-state index is 12.0. The summed E-state index contributed by atoms with van der Waals surface area (Å²) in [6.45, 7) is 2.09. The highest BCUT2D eigenvalue weighted by Crippen LogP contribution is 2.16. The van der Waals surface area contributed by atoms with Crippen molar-refractivity contribution in [1.29, 1.82) is 0 Å². The fourth-order valence-corrected chi connectivity index (χ4v) is 2.99. The zero-order valence-electron chi connectivity index (χ0n) is 11.2. The Bertz CT molecular complexity index is 499. The van der Waals surface area contributed by atoms with Crippen molar-refractivity contribution >= 4 is 40.1 Å². The lowest BCUT2D eigenvalue weighted by Crippen LogP contribution is -3.14. The molecule has 0 saturated carbocycles. The Labute approximate surface area is 132 Å². The van der Waals surface area contributed by atoms with Crippen LogP contribution in [0.25, 0.3) is 0 Å². The predicted octanol–water partition coefficient (Wildman–Crippen LogP) is 0.00990. The molecule has 20 heavy (non-hydrogen) atoms. The molecule has 1 fully saturated rings. The van der Waals surface area contributed by atoms with Crippen LogP contribution in [-0.2, 0) is 9.59 Å². The fourth-order valence-electron chi connectivity index (χ4n) is 2.47. The first-order valence-corrected chi connectivity index (χ1v) is 7.81. The van der Waals surface area contributed by atoms with E-state index in [1.54, 1.807) is 0 Å². The summed E-state index contributed by atoms with van der Waals surface area (Å²) in [4.78, 5) is 24.3. The summed E-state index contributed by atoms with van der Waals surface area (Å²) in [7, 11) is 0. The Kier molecular flexibility index (Phi) is 5.36. The van der Waals surface area contributed by atoms with E-state index in [-0.39, 0.29) is 17.7 Å². The van der Waals surface area contributed by atoms with E-state index in [0.717, 1.165) is 35.2 Å². The number of halogens is 1. The Morgan fingerprint density at radius 2 is 1.95 bits per heavy atom. The summed E-state index contributed by atoms with van der Waals surface area (Å²) in [6.07, 6.45) is 1.56. The molecule has 1 heterocycles. The Hall–Kier alpha value is -1.15. The van der Waals surface area contributed by atoms with Gasteiger partial charge in [-0.2, -0.15) is 0 Å². The Morgan fingerprint density at radius 3 is 2.55 bits per heavy atom. The van der Waals surface area contributed by atoms with Gasteiger partial charge in [-0.1, -0.05) is 12.1 Å². The van der Waals surface area contributed by atoms with Crippen molar-refractivity contribution < 1.29 is 14.5 Å². The molecule has 1 aromatic rings. The summed E-state index contributed by atoms with van der Waals surface area (Å²) in [5, 5.41) is 2.93. The molecule has 6 heteroatoms. The van der Waals surface area contributed by atoms with Gasteiger partial charge in [0, 0.05) is 22.3 Å². The quantitative estimate of drug-likeness (QED) is 0.636. The van der Waals surface area contributed by atoms with E-state index in [1.165, 1.54) is 4.90 Å². The molecule has 5 nitrogen and oxygen atoms in total. The Balaban J connectivity index is 1.81. The highest BCUT2D eigenvalue weighted by Gasteiger charge is 2.27. The van der Waals surface area contributed by atoms with Gasteiger partial charge in [0.2, 0.25) is 5.91 Å². The van der Waals surface area contributed by atoms with E-state index in [0.29, 0.717) is 6.54 Å². The molecule has 1 aliphatic rings. The predicted molar refractivity (Wildman–Crippen MR) is 85.3 cm³/mol. The van der Waals surface area contributed by atoms with Crippen LogP contribution in [0.3, 0.4) is 0 Å². The first-order valence-electron chi connectivity index (χ1n) is 6.73. The van der Waals surface area contributed by atoms with Gasteiger partial charge in [-0.15, -0.1) is 0 Å². The van der Waals surface area contributed by atoms with Crippen molar-refractivity contribution in [3.05, 3.63) is 27.8 Å². The molecule has 2 amide bonds. The number of rotatable bonds is 4. The summed E-state index contributed by atoms with van der Waals surface area (Å²) >= 11 is 2.20. The van der Waals surface area contributed by atoms with Crippen molar-refractivity contribution in [1.82, 2.24) is 0 Å².